The fourth-order valence-electron chi connectivity index (χ4n) is 0.946. The smallest absolute Gasteiger partial charge is 0.129 e. The monoisotopic (exact) mass is 186 g/mol. The lowest BCUT2D eigenvalue weighted by molar-refractivity contribution is 0.306. The summed E-state index contributed by atoms with van der Waals surface area (Å²) in [5.74, 6) is -0.955. The van der Waals surface area contributed by atoms with Crippen molar-refractivity contribution in [2.45, 2.75) is 19.8 Å². The van der Waals surface area contributed by atoms with Gasteiger partial charge in [-0.2, -0.15) is 0 Å². The van der Waals surface area contributed by atoms with Crippen LogP contribution in [0.15, 0.2) is 18.2 Å². The van der Waals surface area contributed by atoms with Crippen molar-refractivity contribution >= 4 is 0 Å². The molecule has 13 heavy (non-hydrogen) atoms. The van der Waals surface area contributed by atoms with E-state index in [2.05, 4.69) is 0 Å². The summed E-state index contributed by atoms with van der Waals surface area (Å²) in [6.45, 7) is 2.52. The maximum absolute atomic E-state index is 12.6. The van der Waals surface area contributed by atoms with Crippen LogP contribution in [-0.4, -0.2) is 6.61 Å². The topological polar surface area (TPSA) is 9.23 Å². The zero-order valence-electron chi connectivity index (χ0n) is 7.52. The molecule has 1 nitrogen and oxygen atoms in total. The molecule has 1 aromatic rings. The summed E-state index contributed by atoms with van der Waals surface area (Å²) in [4.78, 5) is 0. The summed E-state index contributed by atoms with van der Waals surface area (Å²) in [7, 11) is 0. The average molecular weight is 186 g/mol. The predicted octanol–water partition coefficient (Wildman–Crippen LogP) is 3.14. The minimum absolute atomic E-state index is 0.256. The van der Waals surface area contributed by atoms with Gasteiger partial charge in [0.1, 0.15) is 17.4 Å². The van der Waals surface area contributed by atoms with Crippen LogP contribution in [0.1, 0.15) is 19.8 Å². The number of rotatable bonds is 4. The summed E-state index contributed by atoms with van der Waals surface area (Å²) in [6, 6.07) is 3.18. The third-order valence-electron chi connectivity index (χ3n) is 1.60. The van der Waals surface area contributed by atoms with Crippen molar-refractivity contribution in [1.82, 2.24) is 0 Å². The van der Waals surface area contributed by atoms with E-state index in [4.69, 9.17) is 4.74 Å². The van der Waals surface area contributed by atoms with Gasteiger partial charge in [0.25, 0.3) is 0 Å². The first kappa shape index (κ1) is 9.96. The van der Waals surface area contributed by atoms with E-state index in [-0.39, 0.29) is 5.75 Å². The van der Waals surface area contributed by atoms with Crippen molar-refractivity contribution in [1.29, 1.82) is 0 Å². The van der Waals surface area contributed by atoms with Gasteiger partial charge in [0.05, 0.1) is 6.61 Å². The SMILES string of the molecule is CCCCOc1cc(F)cc(F)c1. The van der Waals surface area contributed by atoms with Crippen LogP contribution in [-0.2, 0) is 0 Å². The highest BCUT2D eigenvalue weighted by atomic mass is 19.1. The van der Waals surface area contributed by atoms with Crippen molar-refractivity contribution in [2.24, 2.45) is 0 Å². The Morgan fingerprint density at radius 1 is 1.15 bits per heavy atom. The summed E-state index contributed by atoms with van der Waals surface area (Å²) in [5, 5.41) is 0. The van der Waals surface area contributed by atoms with Gasteiger partial charge >= 0.3 is 0 Å². The number of halogens is 2. The van der Waals surface area contributed by atoms with Gasteiger partial charge in [0.2, 0.25) is 0 Å². The van der Waals surface area contributed by atoms with E-state index in [1.165, 1.54) is 12.1 Å². The molecular formula is C10H12F2O. The first-order valence-corrected chi connectivity index (χ1v) is 4.31. The number of ether oxygens (including phenoxy) is 1. The summed E-state index contributed by atoms with van der Waals surface area (Å²) in [5.41, 5.74) is 0. The molecule has 0 N–H and O–H groups in total. The lowest BCUT2D eigenvalue weighted by Gasteiger charge is -2.04. The summed E-state index contributed by atoms with van der Waals surface area (Å²) >= 11 is 0. The number of hydrogen-bond acceptors (Lipinski definition) is 1. The van der Waals surface area contributed by atoms with E-state index in [1.54, 1.807) is 0 Å². The van der Waals surface area contributed by atoms with Gasteiger partial charge in [0, 0.05) is 18.2 Å². The Kier molecular flexibility index (Phi) is 3.68. The quantitative estimate of drug-likeness (QED) is 0.656. The molecule has 0 aliphatic heterocycles. The Morgan fingerprint density at radius 3 is 2.31 bits per heavy atom. The molecule has 72 valence electrons. The van der Waals surface area contributed by atoms with Gasteiger partial charge in [-0.3, -0.25) is 0 Å². The van der Waals surface area contributed by atoms with Gasteiger partial charge in [-0.25, -0.2) is 8.78 Å². The van der Waals surface area contributed by atoms with E-state index in [1.807, 2.05) is 6.92 Å². The van der Waals surface area contributed by atoms with Gasteiger partial charge in [-0.15, -0.1) is 0 Å². The van der Waals surface area contributed by atoms with Crippen molar-refractivity contribution in [2.75, 3.05) is 6.61 Å². The van der Waals surface area contributed by atoms with Crippen LogP contribution in [0, 0.1) is 11.6 Å². The predicted molar refractivity (Wildman–Crippen MR) is 46.8 cm³/mol. The molecule has 0 saturated carbocycles. The molecule has 0 spiro atoms. The van der Waals surface area contributed by atoms with Crippen molar-refractivity contribution in [3.05, 3.63) is 29.8 Å². The largest absolute Gasteiger partial charge is 0.493 e. The lowest BCUT2D eigenvalue weighted by Crippen LogP contribution is -1.97. The molecule has 0 amide bonds. The van der Waals surface area contributed by atoms with Crippen LogP contribution in [0.25, 0.3) is 0 Å². The zero-order valence-corrected chi connectivity index (χ0v) is 7.52. The molecule has 0 aromatic heterocycles. The van der Waals surface area contributed by atoms with Crippen LogP contribution in [0.3, 0.4) is 0 Å². The second kappa shape index (κ2) is 4.80. The van der Waals surface area contributed by atoms with Gasteiger partial charge in [-0.05, 0) is 6.42 Å². The fourth-order valence-corrected chi connectivity index (χ4v) is 0.946. The van der Waals surface area contributed by atoms with Crippen molar-refractivity contribution < 1.29 is 13.5 Å². The maximum Gasteiger partial charge on any atom is 0.129 e. The summed E-state index contributed by atoms with van der Waals surface area (Å²) in [6.07, 6.45) is 1.88. The molecule has 0 fully saturated rings. The van der Waals surface area contributed by atoms with Crippen molar-refractivity contribution in [3.63, 3.8) is 0 Å². The number of hydrogen-bond donors (Lipinski definition) is 0. The number of unbranched alkanes of at least 4 members (excludes halogenated alkanes) is 1. The molecule has 3 heteroatoms. The van der Waals surface area contributed by atoms with Crippen LogP contribution in [0.4, 0.5) is 8.78 Å². The highest BCUT2D eigenvalue weighted by Crippen LogP contribution is 2.15. The highest BCUT2D eigenvalue weighted by molar-refractivity contribution is 5.23. The first-order chi connectivity index (χ1) is 6.22. The van der Waals surface area contributed by atoms with Gasteiger partial charge in [0.15, 0.2) is 0 Å². The van der Waals surface area contributed by atoms with Crippen molar-refractivity contribution in [3.8, 4) is 5.75 Å². The highest BCUT2D eigenvalue weighted by Gasteiger charge is 2.00. The normalized spacial score (nSPS) is 10.1. The minimum Gasteiger partial charge on any atom is -0.493 e. The second-order valence-corrected chi connectivity index (χ2v) is 2.81. The molecule has 0 saturated heterocycles. The van der Waals surface area contributed by atoms with Gasteiger partial charge < -0.3 is 4.74 Å². The Balaban J connectivity index is 2.56. The molecule has 0 aliphatic carbocycles. The molecule has 0 unspecified atom stereocenters. The second-order valence-electron chi connectivity index (χ2n) is 2.81. The molecule has 0 bridgehead atoms. The molecule has 1 aromatic carbocycles. The van der Waals surface area contributed by atoms with Gasteiger partial charge in [-0.1, -0.05) is 13.3 Å². The molecule has 1 rings (SSSR count). The Bertz CT molecular complexity index is 253. The molecule has 0 aliphatic rings. The van der Waals surface area contributed by atoms with Crippen LogP contribution in [0.5, 0.6) is 5.75 Å². The van der Waals surface area contributed by atoms with E-state index in [9.17, 15) is 8.78 Å². The average Bonchev–Trinajstić information content (AvgIpc) is 2.03. The third kappa shape index (κ3) is 3.40. The maximum atomic E-state index is 12.6. The van der Waals surface area contributed by atoms with Crippen LogP contribution < -0.4 is 4.74 Å². The lowest BCUT2D eigenvalue weighted by atomic mass is 10.3. The van der Waals surface area contributed by atoms with E-state index in [0.717, 1.165) is 18.9 Å². The zero-order chi connectivity index (χ0) is 9.68. The molecule has 0 radical (unpaired) electrons. The van der Waals surface area contributed by atoms with E-state index in [0.29, 0.717) is 6.61 Å². The van der Waals surface area contributed by atoms with Crippen LogP contribution >= 0.6 is 0 Å². The third-order valence-corrected chi connectivity index (χ3v) is 1.60. The molecule has 0 heterocycles. The molecular weight excluding hydrogens is 174 g/mol. The standard InChI is InChI=1S/C10H12F2O/c1-2-3-4-13-10-6-8(11)5-9(12)7-10/h5-7H,2-4H2,1H3. The van der Waals surface area contributed by atoms with E-state index >= 15 is 0 Å². The Morgan fingerprint density at radius 2 is 1.77 bits per heavy atom. The van der Waals surface area contributed by atoms with Crippen LogP contribution in [0.2, 0.25) is 0 Å². The van der Waals surface area contributed by atoms with E-state index < -0.39 is 11.6 Å². The summed E-state index contributed by atoms with van der Waals surface area (Å²) < 4.78 is 30.4. The molecule has 0 atom stereocenters. The Labute approximate surface area is 76.3 Å². The fraction of sp³-hybridized carbons (Fsp3) is 0.400. The Hall–Kier alpha value is -1.12. The number of benzene rings is 1. The first-order valence-electron chi connectivity index (χ1n) is 4.31. The minimum atomic E-state index is -0.605.